The summed E-state index contributed by atoms with van der Waals surface area (Å²) < 4.78 is 0. The minimum atomic E-state index is 0.113. The van der Waals surface area contributed by atoms with Crippen LogP contribution in [-0.2, 0) is 11.3 Å². The van der Waals surface area contributed by atoms with Gasteiger partial charge in [0.25, 0.3) is 0 Å². The second-order valence-corrected chi connectivity index (χ2v) is 5.47. The third-order valence-electron chi connectivity index (χ3n) is 3.98. The Hall–Kier alpha value is -1.62. The first-order valence-electron chi connectivity index (χ1n) is 7.92. The highest BCUT2D eigenvalue weighted by Crippen LogP contribution is 2.11. The maximum Gasteiger partial charge on any atom is 0.221 e. The predicted molar refractivity (Wildman–Crippen MR) is 85.3 cm³/mol. The number of amides is 1. The van der Waals surface area contributed by atoms with Crippen molar-refractivity contribution in [1.82, 2.24) is 15.6 Å². The molecule has 1 amide bonds. The fourth-order valence-electron chi connectivity index (χ4n) is 2.68. The quantitative estimate of drug-likeness (QED) is 0.802. The summed E-state index contributed by atoms with van der Waals surface area (Å²) in [6, 6.07) is 4.41. The molecule has 1 saturated heterocycles. The standard InChI is InChI=1S/C16H26N4O/c1-3-20(4-2)15-8-7-13(11-18-15)12-19-16(21)10-14-6-5-9-17-14/h7-8,11,14,17H,3-6,9-10,12H2,1-2H3,(H,19,21). The van der Waals surface area contributed by atoms with E-state index in [2.05, 4.69) is 34.4 Å². The Balaban J connectivity index is 1.78. The number of aromatic nitrogens is 1. The van der Waals surface area contributed by atoms with Crippen LogP contribution < -0.4 is 15.5 Å². The van der Waals surface area contributed by atoms with E-state index in [1.165, 1.54) is 6.42 Å². The second-order valence-electron chi connectivity index (χ2n) is 5.47. The van der Waals surface area contributed by atoms with Gasteiger partial charge in [-0.15, -0.1) is 0 Å². The lowest BCUT2D eigenvalue weighted by atomic mass is 10.1. The van der Waals surface area contributed by atoms with E-state index in [1.54, 1.807) is 0 Å². The molecule has 21 heavy (non-hydrogen) atoms. The maximum atomic E-state index is 11.9. The van der Waals surface area contributed by atoms with Crippen molar-refractivity contribution < 1.29 is 4.79 Å². The van der Waals surface area contributed by atoms with Gasteiger partial charge in [-0.2, -0.15) is 0 Å². The van der Waals surface area contributed by atoms with Gasteiger partial charge in [0.1, 0.15) is 5.82 Å². The van der Waals surface area contributed by atoms with Gasteiger partial charge in [0, 0.05) is 38.3 Å². The van der Waals surface area contributed by atoms with E-state index in [0.717, 1.165) is 37.4 Å². The van der Waals surface area contributed by atoms with Crippen molar-refractivity contribution in [2.24, 2.45) is 0 Å². The van der Waals surface area contributed by atoms with E-state index in [-0.39, 0.29) is 5.91 Å². The molecule has 0 aliphatic carbocycles. The predicted octanol–water partition coefficient (Wildman–Crippen LogP) is 1.69. The molecule has 2 N–H and O–H groups in total. The molecule has 1 aliphatic heterocycles. The van der Waals surface area contributed by atoms with Crippen LogP contribution in [0.1, 0.15) is 38.7 Å². The summed E-state index contributed by atoms with van der Waals surface area (Å²) in [5.74, 6) is 1.10. The Bertz CT molecular complexity index is 436. The molecule has 1 fully saturated rings. The van der Waals surface area contributed by atoms with Gasteiger partial charge in [-0.3, -0.25) is 4.79 Å². The Morgan fingerprint density at radius 1 is 1.43 bits per heavy atom. The molecular weight excluding hydrogens is 264 g/mol. The summed E-state index contributed by atoms with van der Waals surface area (Å²) >= 11 is 0. The molecule has 0 radical (unpaired) electrons. The Morgan fingerprint density at radius 3 is 2.81 bits per heavy atom. The molecule has 1 aromatic rings. The number of hydrogen-bond donors (Lipinski definition) is 2. The Kier molecular flexibility index (Phi) is 5.99. The molecule has 0 spiro atoms. The first-order valence-corrected chi connectivity index (χ1v) is 7.92. The highest BCUT2D eigenvalue weighted by atomic mass is 16.1. The van der Waals surface area contributed by atoms with Gasteiger partial charge >= 0.3 is 0 Å². The summed E-state index contributed by atoms with van der Waals surface area (Å²) in [7, 11) is 0. The van der Waals surface area contributed by atoms with Crippen LogP contribution in [0.3, 0.4) is 0 Å². The molecule has 0 aromatic carbocycles. The fraction of sp³-hybridized carbons (Fsp3) is 0.625. The van der Waals surface area contributed by atoms with Crippen LogP contribution >= 0.6 is 0 Å². The SMILES string of the molecule is CCN(CC)c1ccc(CNC(=O)CC2CCCN2)cn1. The van der Waals surface area contributed by atoms with Crippen molar-refractivity contribution in [3.8, 4) is 0 Å². The van der Waals surface area contributed by atoms with Gasteiger partial charge in [-0.05, 0) is 44.9 Å². The van der Waals surface area contributed by atoms with Crippen molar-refractivity contribution in [2.75, 3.05) is 24.5 Å². The van der Waals surface area contributed by atoms with Gasteiger partial charge in [-0.1, -0.05) is 6.07 Å². The van der Waals surface area contributed by atoms with Crippen molar-refractivity contribution in [2.45, 2.75) is 45.7 Å². The number of nitrogens with zero attached hydrogens (tertiary/aromatic N) is 2. The molecule has 0 saturated carbocycles. The van der Waals surface area contributed by atoms with Crippen LogP contribution in [0.25, 0.3) is 0 Å². The lowest BCUT2D eigenvalue weighted by Gasteiger charge is -2.19. The third kappa shape index (κ3) is 4.70. The lowest BCUT2D eigenvalue weighted by Crippen LogP contribution is -2.31. The van der Waals surface area contributed by atoms with Gasteiger partial charge in [0.05, 0.1) is 0 Å². The number of hydrogen-bond acceptors (Lipinski definition) is 4. The largest absolute Gasteiger partial charge is 0.357 e. The highest BCUT2D eigenvalue weighted by molar-refractivity contribution is 5.76. The minimum absolute atomic E-state index is 0.113. The summed E-state index contributed by atoms with van der Waals surface area (Å²) in [5.41, 5.74) is 1.04. The van der Waals surface area contributed by atoms with Gasteiger partial charge in [-0.25, -0.2) is 4.98 Å². The molecule has 2 rings (SSSR count). The van der Waals surface area contributed by atoms with Gasteiger partial charge < -0.3 is 15.5 Å². The molecule has 1 aliphatic rings. The summed E-state index contributed by atoms with van der Waals surface area (Å²) in [5, 5.41) is 6.31. The van der Waals surface area contributed by atoms with E-state index in [4.69, 9.17) is 0 Å². The highest BCUT2D eigenvalue weighted by Gasteiger charge is 2.17. The van der Waals surface area contributed by atoms with Crippen molar-refractivity contribution in [1.29, 1.82) is 0 Å². The van der Waals surface area contributed by atoms with Gasteiger partial charge in [0.2, 0.25) is 5.91 Å². The number of carbonyl (C=O) groups is 1. The molecule has 5 nitrogen and oxygen atoms in total. The molecule has 116 valence electrons. The zero-order valence-electron chi connectivity index (χ0n) is 13.1. The van der Waals surface area contributed by atoms with E-state index in [9.17, 15) is 4.79 Å². The number of anilines is 1. The molecule has 0 bridgehead atoms. The first-order chi connectivity index (χ1) is 10.2. The topological polar surface area (TPSA) is 57.3 Å². The Labute approximate surface area is 127 Å². The second kappa shape index (κ2) is 7.98. The van der Waals surface area contributed by atoms with Crippen LogP contribution in [0.4, 0.5) is 5.82 Å². The third-order valence-corrected chi connectivity index (χ3v) is 3.98. The monoisotopic (exact) mass is 290 g/mol. The number of pyridine rings is 1. The van der Waals surface area contributed by atoms with Crippen LogP contribution in [-0.4, -0.2) is 36.6 Å². The van der Waals surface area contributed by atoms with Crippen LogP contribution in [0.15, 0.2) is 18.3 Å². The van der Waals surface area contributed by atoms with Crippen molar-refractivity contribution >= 4 is 11.7 Å². The average molecular weight is 290 g/mol. The molecule has 1 aromatic heterocycles. The summed E-state index contributed by atoms with van der Waals surface area (Å²) in [4.78, 5) is 18.5. The zero-order valence-corrected chi connectivity index (χ0v) is 13.1. The summed E-state index contributed by atoms with van der Waals surface area (Å²) in [6.07, 6.45) is 4.70. The van der Waals surface area contributed by atoms with E-state index in [0.29, 0.717) is 19.0 Å². The maximum absolute atomic E-state index is 11.9. The average Bonchev–Trinajstić information content (AvgIpc) is 3.00. The first kappa shape index (κ1) is 15.8. The molecule has 5 heteroatoms. The number of nitrogens with one attached hydrogen (secondary N) is 2. The van der Waals surface area contributed by atoms with Crippen LogP contribution in [0, 0.1) is 0 Å². The smallest absolute Gasteiger partial charge is 0.221 e. The van der Waals surface area contributed by atoms with Crippen molar-refractivity contribution in [3.05, 3.63) is 23.9 Å². The van der Waals surface area contributed by atoms with E-state index in [1.807, 2.05) is 18.3 Å². The van der Waals surface area contributed by atoms with Crippen LogP contribution in [0.2, 0.25) is 0 Å². The summed E-state index contributed by atoms with van der Waals surface area (Å²) in [6.45, 7) is 7.74. The lowest BCUT2D eigenvalue weighted by molar-refractivity contribution is -0.121. The number of rotatable bonds is 7. The van der Waals surface area contributed by atoms with Crippen LogP contribution in [0.5, 0.6) is 0 Å². The van der Waals surface area contributed by atoms with E-state index >= 15 is 0 Å². The Morgan fingerprint density at radius 2 is 2.24 bits per heavy atom. The van der Waals surface area contributed by atoms with Crippen molar-refractivity contribution in [3.63, 3.8) is 0 Å². The van der Waals surface area contributed by atoms with Gasteiger partial charge in [0.15, 0.2) is 0 Å². The molecule has 1 unspecified atom stereocenters. The number of carbonyl (C=O) groups excluding carboxylic acids is 1. The molecular formula is C16H26N4O. The zero-order chi connectivity index (χ0) is 15.1. The van der Waals surface area contributed by atoms with E-state index < -0.39 is 0 Å². The fourth-order valence-corrected chi connectivity index (χ4v) is 2.68. The molecule has 2 heterocycles. The minimum Gasteiger partial charge on any atom is -0.357 e. The molecule has 1 atom stereocenters. The normalized spacial score (nSPS) is 17.7.